The maximum atomic E-state index is 12.4. The molecular formula is C17H20N4O4. The number of nitrogens with zero attached hydrogens (tertiary/aromatic N) is 3. The molecular weight excluding hydrogens is 324 g/mol. The summed E-state index contributed by atoms with van der Waals surface area (Å²) in [5.41, 5.74) is 0.226. The van der Waals surface area contributed by atoms with Gasteiger partial charge >= 0.3 is 5.97 Å². The Bertz CT molecular complexity index is 726. The highest BCUT2D eigenvalue weighted by atomic mass is 16.5. The summed E-state index contributed by atoms with van der Waals surface area (Å²) in [5.74, 6) is -1.38. The monoisotopic (exact) mass is 344 g/mol. The van der Waals surface area contributed by atoms with Crippen LogP contribution < -0.4 is 5.32 Å². The lowest BCUT2D eigenvalue weighted by atomic mass is 9.86. The summed E-state index contributed by atoms with van der Waals surface area (Å²) in [5, 5.41) is 16.2. The zero-order valence-corrected chi connectivity index (χ0v) is 13.7. The minimum Gasteiger partial charge on any atom is -0.481 e. The van der Waals surface area contributed by atoms with E-state index in [1.807, 2.05) is 0 Å². The number of pyridine rings is 1. The van der Waals surface area contributed by atoms with Gasteiger partial charge in [-0.2, -0.15) is 5.10 Å². The fraction of sp³-hybridized carbons (Fsp3) is 0.412. The van der Waals surface area contributed by atoms with E-state index in [0.29, 0.717) is 31.9 Å². The minimum absolute atomic E-state index is 0.00918. The molecule has 1 amide bonds. The van der Waals surface area contributed by atoms with Crippen LogP contribution in [0.5, 0.6) is 0 Å². The van der Waals surface area contributed by atoms with E-state index in [4.69, 9.17) is 4.74 Å². The third-order valence-electron chi connectivity index (χ3n) is 4.34. The van der Waals surface area contributed by atoms with Crippen molar-refractivity contribution in [1.29, 1.82) is 0 Å². The Balaban J connectivity index is 1.65. The van der Waals surface area contributed by atoms with E-state index in [1.165, 1.54) is 0 Å². The standard InChI is InChI=1S/C17H20N4O4/c22-16(14-3-1-4-15(20-14)21-8-2-7-19-21)18-11-13(17(23)24)12-5-9-25-10-6-12/h1-4,7-8,12-13H,5-6,9-11H2,(H,18,22)(H,23,24). The van der Waals surface area contributed by atoms with E-state index < -0.39 is 17.8 Å². The predicted molar refractivity (Wildman–Crippen MR) is 88.4 cm³/mol. The minimum atomic E-state index is -0.898. The van der Waals surface area contributed by atoms with Gasteiger partial charge in [0.15, 0.2) is 5.82 Å². The van der Waals surface area contributed by atoms with Crippen molar-refractivity contribution >= 4 is 11.9 Å². The van der Waals surface area contributed by atoms with E-state index in [1.54, 1.807) is 41.3 Å². The fourth-order valence-electron chi connectivity index (χ4n) is 2.95. The molecule has 1 fully saturated rings. The molecule has 1 atom stereocenters. The average Bonchev–Trinajstić information content (AvgIpc) is 3.17. The molecule has 2 N–H and O–H groups in total. The van der Waals surface area contributed by atoms with Crippen LogP contribution in [0.25, 0.3) is 5.82 Å². The zero-order valence-electron chi connectivity index (χ0n) is 13.7. The Hall–Kier alpha value is -2.74. The summed E-state index contributed by atoms with van der Waals surface area (Å²) in [6, 6.07) is 6.81. The number of carboxylic acid groups (broad SMARTS) is 1. The lowest BCUT2D eigenvalue weighted by Crippen LogP contribution is -2.39. The molecule has 1 unspecified atom stereocenters. The molecule has 3 rings (SSSR count). The second-order valence-corrected chi connectivity index (χ2v) is 5.94. The van der Waals surface area contributed by atoms with Crippen molar-refractivity contribution in [3.8, 4) is 5.82 Å². The number of carbonyl (C=O) groups is 2. The van der Waals surface area contributed by atoms with Gasteiger partial charge in [0.05, 0.1) is 5.92 Å². The van der Waals surface area contributed by atoms with Gasteiger partial charge in [-0.3, -0.25) is 9.59 Å². The highest BCUT2D eigenvalue weighted by Gasteiger charge is 2.30. The maximum absolute atomic E-state index is 12.4. The second kappa shape index (κ2) is 7.89. The summed E-state index contributed by atoms with van der Waals surface area (Å²) >= 11 is 0. The molecule has 0 aliphatic carbocycles. The molecule has 25 heavy (non-hydrogen) atoms. The van der Waals surface area contributed by atoms with Gasteiger partial charge in [-0.15, -0.1) is 0 Å². The third-order valence-corrected chi connectivity index (χ3v) is 4.34. The molecule has 1 aliphatic heterocycles. The topological polar surface area (TPSA) is 106 Å². The molecule has 0 bridgehead atoms. The van der Waals surface area contributed by atoms with Crippen LogP contribution in [0.1, 0.15) is 23.3 Å². The number of hydrogen-bond donors (Lipinski definition) is 2. The van der Waals surface area contributed by atoms with Crippen LogP contribution in [-0.2, 0) is 9.53 Å². The summed E-state index contributed by atoms with van der Waals surface area (Å²) in [7, 11) is 0. The number of rotatable bonds is 6. The quantitative estimate of drug-likeness (QED) is 0.813. The number of hydrogen-bond acceptors (Lipinski definition) is 5. The molecule has 132 valence electrons. The lowest BCUT2D eigenvalue weighted by Gasteiger charge is -2.27. The normalized spacial score (nSPS) is 16.3. The van der Waals surface area contributed by atoms with Crippen LogP contribution in [-0.4, -0.2) is 51.5 Å². The fourth-order valence-corrected chi connectivity index (χ4v) is 2.95. The third kappa shape index (κ3) is 4.21. The van der Waals surface area contributed by atoms with Crippen molar-refractivity contribution in [2.45, 2.75) is 12.8 Å². The van der Waals surface area contributed by atoms with Crippen LogP contribution in [0.3, 0.4) is 0 Å². The number of amides is 1. The largest absolute Gasteiger partial charge is 0.481 e. The SMILES string of the molecule is O=C(NCC(C(=O)O)C1CCOCC1)c1cccc(-n2cccn2)n1. The summed E-state index contributed by atoms with van der Waals surface area (Å²) < 4.78 is 6.83. The van der Waals surface area contributed by atoms with Gasteiger partial charge in [0.1, 0.15) is 5.69 Å². The molecule has 8 nitrogen and oxygen atoms in total. The highest BCUT2D eigenvalue weighted by Crippen LogP contribution is 2.23. The van der Waals surface area contributed by atoms with Crippen molar-refractivity contribution in [3.63, 3.8) is 0 Å². The number of nitrogens with one attached hydrogen (secondary N) is 1. The lowest BCUT2D eigenvalue weighted by molar-refractivity contribution is -0.144. The van der Waals surface area contributed by atoms with Gasteiger partial charge < -0.3 is 15.2 Å². The first-order valence-corrected chi connectivity index (χ1v) is 8.21. The van der Waals surface area contributed by atoms with Crippen LogP contribution in [0.4, 0.5) is 0 Å². The van der Waals surface area contributed by atoms with E-state index in [0.717, 1.165) is 0 Å². The Morgan fingerprint density at radius 2 is 2.12 bits per heavy atom. The van der Waals surface area contributed by atoms with Crippen LogP contribution in [0, 0.1) is 11.8 Å². The molecule has 1 saturated heterocycles. The molecule has 0 saturated carbocycles. The molecule has 0 spiro atoms. The number of ether oxygens (including phenoxy) is 1. The molecule has 3 heterocycles. The van der Waals surface area contributed by atoms with E-state index in [9.17, 15) is 14.7 Å². The van der Waals surface area contributed by atoms with Crippen molar-refractivity contribution in [2.75, 3.05) is 19.8 Å². The van der Waals surface area contributed by atoms with E-state index in [-0.39, 0.29) is 18.2 Å². The first-order chi connectivity index (χ1) is 12.1. The zero-order chi connectivity index (χ0) is 17.6. The smallest absolute Gasteiger partial charge is 0.308 e. The summed E-state index contributed by atoms with van der Waals surface area (Å²) in [6.45, 7) is 1.21. The second-order valence-electron chi connectivity index (χ2n) is 5.94. The van der Waals surface area contributed by atoms with Crippen molar-refractivity contribution < 1.29 is 19.4 Å². The van der Waals surface area contributed by atoms with Crippen molar-refractivity contribution in [3.05, 3.63) is 42.4 Å². The molecule has 2 aromatic rings. The summed E-state index contributed by atoms with van der Waals surface area (Å²) in [4.78, 5) is 28.2. The van der Waals surface area contributed by atoms with Crippen LogP contribution >= 0.6 is 0 Å². The predicted octanol–water partition coefficient (Wildman–Crippen LogP) is 1.12. The first kappa shape index (κ1) is 17.1. The van der Waals surface area contributed by atoms with Gasteiger partial charge in [0.25, 0.3) is 5.91 Å². The van der Waals surface area contributed by atoms with Gasteiger partial charge in [-0.05, 0) is 37.0 Å². The molecule has 1 aliphatic rings. The Morgan fingerprint density at radius 1 is 1.32 bits per heavy atom. The van der Waals surface area contributed by atoms with Crippen molar-refractivity contribution in [2.24, 2.45) is 11.8 Å². The maximum Gasteiger partial charge on any atom is 0.308 e. The van der Waals surface area contributed by atoms with Gasteiger partial charge in [-0.25, -0.2) is 9.67 Å². The van der Waals surface area contributed by atoms with Gasteiger partial charge in [-0.1, -0.05) is 6.07 Å². The number of carbonyl (C=O) groups excluding carboxylic acids is 1. The van der Waals surface area contributed by atoms with Crippen LogP contribution in [0.2, 0.25) is 0 Å². The molecule has 2 aromatic heterocycles. The van der Waals surface area contributed by atoms with E-state index in [2.05, 4.69) is 15.4 Å². The number of carboxylic acids is 1. The molecule has 0 radical (unpaired) electrons. The van der Waals surface area contributed by atoms with Gasteiger partial charge in [0, 0.05) is 32.2 Å². The van der Waals surface area contributed by atoms with Crippen LogP contribution in [0.15, 0.2) is 36.7 Å². The molecule has 8 heteroatoms. The summed E-state index contributed by atoms with van der Waals surface area (Å²) in [6.07, 6.45) is 4.75. The highest BCUT2D eigenvalue weighted by molar-refractivity contribution is 5.92. The number of aromatic nitrogens is 3. The van der Waals surface area contributed by atoms with Gasteiger partial charge in [0.2, 0.25) is 0 Å². The Morgan fingerprint density at radius 3 is 2.80 bits per heavy atom. The first-order valence-electron chi connectivity index (χ1n) is 8.21. The number of aliphatic carboxylic acids is 1. The Kier molecular flexibility index (Phi) is 5.39. The Labute approximate surface area is 144 Å². The molecule has 0 aromatic carbocycles. The van der Waals surface area contributed by atoms with Crippen molar-refractivity contribution in [1.82, 2.24) is 20.1 Å². The van der Waals surface area contributed by atoms with E-state index >= 15 is 0 Å². The average molecular weight is 344 g/mol.